The van der Waals surface area contributed by atoms with Gasteiger partial charge in [-0.15, -0.1) is 0 Å². The number of imide groups is 1. The van der Waals surface area contributed by atoms with E-state index in [1.54, 1.807) is 0 Å². The maximum Gasteiger partial charge on any atom is 0.324 e. The number of nitrogens with one attached hydrogen (secondary N) is 2. The molecular weight excluding hydrogens is 334 g/mol. The van der Waals surface area contributed by atoms with Crippen molar-refractivity contribution in [3.63, 3.8) is 0 Å². The smallest absolute Gasteiger partial charge is 0.324 e. The Kier molecular flexibility index (Phi) is 5.88. The summed E-state index contributed by atoms with van der Waals surface area (Å²) in [5, 5.41) is 5.86. The Bertz CT molecular complexity index is 664. The monoisotopic (exact) mass is 359 g/mol. The zero-order valence-electron chi connectivity index (χ0n) is 14.9. The molecule has 0 spiro atoms. The van der Waals surface area contributed by atoms with Crippen molar-refractivity contribution in [2.45, 2.75) is 31.8 Å². The minimum Gasteiger partial charge on any atom is -0.383 e. The molecule has 1 saturated heterocycles. The van der Waals surface area contributed by atoms with Crippen LogP contribution in [0.5, 0.6) is 0 Å². The summed E-state index contributed by atoms with van der Waals surface area (Å²) in [7, 11) is 1.54. The Hall–Kier alpha value is -2.41. The van der Waals surface area contributed by atoms with Crippen molar-refractivity contribution in [1.29, 1.82) is 0 Å². The van der Waals surface area contributed by atoms with E-state index in [9.17, 15) is 14.4 Å². The van der Waals surface area contributed by atoms with Crippen molar-refractivity contribution in [3.05, 3.63) is 35.9 Å². The van der Waals surface area contributed by atoms with Gasteiger partial charge in [-0.05, 0) is 24.8 Å². The first-order valence-corrected chi connectivity index (χ1v) is 9.02. The first-order chi connectivity index (χ1) is 12.6. The van der Waals surface area contributed by atoms with Crippen molar-refractivity contribution < 1.29 is 19.1 Å². The Morgan fingerprint density at radius 3 is 2.77 bits per heavy atom. The molecule has 1 aliphatic carbocycles. The van der Waals surface area contributed by atoms with E-state index in [4.69, 9.17) is 4.74 Å². The lowest BCUT2D eigenvalue weighted by Gasteiger charge is -2.41. The molecule has 7 heteroatoms. The van der Waals surface area contributed by atoms with E-state index in [-0.39, 0.29) is 36.2 Å². The highest BCUT2D eigenvalue weighted by atomic mass is 16.5. The van der Waals surface area contributed by atoms with Crippen LogP contribution in [0, 0.1) is 11.8 Å². The van der Waals surface area contributed by atoms with Crippen molar-refractivity contribution in [1.82, 2.24) is 15.5 Å². The van der Waals surface area contributed by atoms with Gasteiger partial charge in [0.25, 0.3) is 0 Å². The number of hydrogen-bond donors (Lipinski definition) is 2. The van der Waals surface area contributed by atoms with Crippen LogP contribution in [-0.2, 0) is 20.9 Å². The fraction of sp³-hybridized carbons (Fsp3) is 0.526. The van der Waals surface area contributed by atoms with Crippen molar-refractivity contribution in [2.75, 3.05) is 20.3 Å². The molecule has 0 bridgehead atoms. The summed E-state index contributed by atoms with van der Waals surface area (Å²) >= 11 is 0. The molecule has 0 radical (unpaired) electrons. The van der Waals surface area contributed by atoms with Gasteiger partial charge in [-0.25, -0.2) is 4.79 Å². The molecule has 3 unspecified atom stereocenters. The molecule has 1 saturated carbocycles. The minimum absolute atomic E-state index is 0.0178. The minimum atomic E-state index is -0.390. The number of ether oxygens (including phenoxy) is 1. The lowest BCUT2D eigenvalue weighted by Crippen LogP contribution is -2.62. The molecule has 0 aromatic heterocycles. The number of benzene rings is 1. The first-order valence-electron chi connectivity index (χ1n) is 9.02. The summed E-state index contributed by atoms with van der Waals surface area (Å²) in [6.07, 6.45) is 1.76. The molecule has 2 aliphatic rings. The number of nitrogens with zero attached hydrogens (tertiary/aromatic N) is 1. The van der Waals surface area contributed by atoms with Gasteiger partial charge in [0.2, 0.25) is 11.8 Å². The van der Waals surface area contributed by atoms with Crippen LogP contribution < -0.4 is 10.6 Å². The second-order valence-corrected chi connectivity index (χ2v) is 6.86. The Labute approximate surface area is 153 Å². The largest absolute Gasteiger partial charge is 0.383 e. The van der Waals surface area contributed by atoms with Gasteiger partial charge >= 0.3 is 6.03 Å². The van der Waals surface area contributed by atoms with Gasteiger partial charge in [-0.1, -0.05) is 30.3 Å². The Balaban J connectivity index is 1.55. The molecule has 3 atom stereocenters. The third-order valence-corrected chi connectivity index (χ3v) is 5.19. The fourth-order valence-corrected chi connectivity index (χ4v) is 3.72. The summed E-state index contributed by atoms with van der Waals surface area (Å²) in [4.78, 5) is 38.5. The maximum atomic E-state index is 12.6. The van der Waals surface area contributed by atoms with Crippen LogP contribution in [0.1, 0.15) is 24.8 Å². The van der Waals surface area contributed by atoms with Crippen LogP contribution in [0.25, 0.3) is 0 Å². The average Bonchev–Trinajstić information content (AvgIpc) is 2.66. The molecule has 2 N–H and O–H groups in total. The number of urea groups is 1. The number of carbonyl (C=O) groups is 3. The molecule has 4 amide bonds. The second kappa shape index (κ2) is 8.31. The van der Waals surface area contributed by atoms with Crippen LogP contribution in [0.15, 0.2) is 30.3 Å². The lowest BCUT2D eigenvalue weighted by atomic mass is 9.76. The third-order valence-electron chi connectivity index (χ3n) is 5.19. The topological polar surface area (TPSA) is 87.7 Å². The summed E-state index contributed by atoms with van der Waals surface area (Å²) in [6.45, 7) is 1.06. The average molecular weight is 359 g/mol. The normalized spacial score (nSPS) is 25.4. The van der Waals surface area contributed by atoms with Gasteiger partial charge in [0.05, 0.1) is 19.1 Å². The lowest BCUT2D eigenvalue weighted by molar-refractivity contribution is -0.139. The summed E-state index contributed by atoms with van der Waals surface area (Å²) in [5.41, 5.74) is 1.05. The molecule has 1 aromatic rings. The number of amides is 4. The number of carbonyl (C=O) groups excluding carboxylic acids is 3. The van der Waals surface area contributed by atoms with E-state index < -0.39 is 6.03 Å². The SMILES string of the molecule is COCCN1C(=O)NC2CC(C(=O)NCc3ccccc3)CCC2C1=O. The van der Waals surface area contributed by atoms with Crippen LogP contribution in [0.3, 0.4) is 0 Å². The van der Waals surface area contributed by atoms with E-state index in [2.05, 4.69) is 10.6 Å². The summed E-state index contributed by atoms with van der Waals surface area (Å²) < 4.78 is 4.96. The number of methoxy groups -OCH3 is 1. The van der Waals surface area contributed by atoms with E-state index in [1.807, 2.05) is 30.3 Å². The zero-order valence-corrected chi connectivity index (χ0v) is 14.9. The highest BCUT2D eigenvalue weighted by molar-refractivity contribution is 5.99. The van der Waals surface area contributed by atoms with E-state index in [1.165, 1.54) is 12.0 Å². The molecule has 140 valence electrons. The molecule has 3 rings (SSSR count). The fourth-order valence-electron chi connectivity index (χ4n) is 3.72. The van der Waals surface area contributed by atoms with Crippen LogP contribution >= 0.6 is 0 Å². The van der Waals surface area contributed by atoms with E-state index in [0.29, 0.717) is 32.4 Å². The van der Waals surface area contributed by atoms with E-state index in [0.717, 1.165) is 5.56 Å². The van der Waals surface area contributed by atoms with Crippen LogP contribution in [0.2, 0.25) is 0 Å². The van der Waals surface area contributed by atoms with Gasteiger partial charge in [0, 0.05) is 25.6 Å². The quantitative estimate of drug-likeness (QED) is 0.801. The number of rotatable bonds is 6. The van der Waals surface area contributed by atoms with Gasteiger partial charge in [-0.2, -0.15) is 0 Å². The molecule has 1 aliphatic heterocycles. The Morgan fingerprint density at radius 1 is 1.27 bits per heavy atom. The van der Waals surface area contributed by atoms with Gasteiger partial charge in [-0.3, -0.25) is 14.5 Å². The number of hydrogen-bond acceptors (Lipinski definition) is 4. The molecular formula is C19H25N3O4. The van der Waals surface area contributed by atoms with Crippen molar-refractivity contribution in [3.8, 4) is 0 Å². The second-order valence-electron chi connectivity index (χ2n) is 6.86. The van der Waals surface area contributed by atoms with E-state index >= 15 is 0 Å². The molecule has 7 nitrogen and oxygen atoms in total. The molecule has 1 heterocycles. The predicted octanol–water partition coefficient (Wildman–Crippen LogP) is 1.29. The highest BCUT2D eigenvalue weighted by Crippen LogP contribution is 2.33. The summed E-state index contributed by atoms with van der Waals surface area (Å²) in [5.74, 6) is -0.601. The molecule has 26 heavy (non-hydrogen) atoms. The zero-order chi connectivity index (χ0) is 18.5. The maximum absolute atomic E-state index is 12.6. The van der Waals surface area contributed by atoms with Gasteiger partial charge in [0.1, 0.15) is 0 Å². The first kappa shape index (κ1) is 18.4. The third kappa shape index (κ3) is 4.04. The molecule has 2 fully saturated rings. The van der Waals surface area contributed by atoms with Gasteiger partial charge in [0.15, 0.2) is 0 Å². The Morgan fingerprint density at radius 2 is 2.04 bits per heavy atom. The standard InChI is InChI=1S/C19H25N3O4/c1-26-10-9-22-18(24)15-8-7-14(11-16(15)21-19(22)25)17(23)20-12-13-5-3-2-4-6-13/h2-6,14-16H,7-12H2,1H3,(H,20,23)(H,21,25). The summed E-state index contributed by atoms with van der Waals surface area (Å²) in [6, 6.07) is 9.08. The highest BCUT2D eigenvalue weighted by Gasteiger charge is 2.45. The number of fused-ring (bicyclic) bond motifs is 1. The van der Waals surface area contributed by atoms with Gasteiger partial charge < -0.3 is 15.4 Å². The van der Waals surface area contributed by atoms with Crippen LogP contribution in [-0.4, -0.2) is 49.0 Å². The predicted molar refractivity (Wildman–Crippen MR) is 95.0 cm³/mol. The van der Waals surface area contributed by atoms with Crippen molar-refractivity contribution >= 4 is 17.8 Å². The van der Waals surface area contributed by atoms with Crippen molar-refractivity contribution in [2.24, 2.45) is 11.8 Å². The molecule has 1 aromatic carbocycles. The van der Waals surface area contributed by atoms with Crippen LogP contribution in [0.4, 0.5) is 4.79 Å².